The Labute approximate surface area is 189 Å². The van der Waals surface area contributed by atoms with Gasteiger partial charge in [0.15, 0.2) is 0 Å². The van der Waals surface area contributed by atoms with Gasteiger partial charge in [0.25, 0.3) is 0 Å². The lowest BCUT2D eigenvalue weighted by Crippen LogP contribution is -2.23. The van der Waals surface area contributed by atoms with Gasteiger partial charge in [0.1, 0.15) is 5.82 Å². The van der Waals surface area contributed by atoms with Gasteiger partial charge in [-0.2, -0.15) is 15.0 Å². The third-order valence-corrected chi connectivity index (χ3v) is 6.51. The normalized spacial score (nSPS) is 20.5. The fraction of sp³-hybridized carbons (Fsp3) is 0.654. The monoisotopic (exact) mass is 423 g/mol. The lowest BCUT2D eigenvalue weighted by Gasteiger charge is -2.23. The molecule has 0 radical (unpaired) electrons. The summed E-state index contributed by atoms with van der Waals surface area (Å²) in [6, 6.07) is 0.457. The van der Waals surface area contributed by atoms with Crippen LogP contribution in [0, 0.1) is 0 Å². The number of rotatable bonds is 7. The zero-order chi connectivity index (χ0) is 21.7. The highest BCUT2D eigenvalue weighted by molar-refractivity contribution is 5.44. The molecule has 0 spiro atoms. The summed E-state index contributed by atoms with van der Waals surface area (Å²) < 4.78 is 0. The van der Waals surface area contributed by atoms with E-state index in [4.69, 9.17) is 15.0 Å². The van der Waals surface area contributed by atoms with Crippen LogP contribution in [0.3, 0.4) is 0 Å². The molecule has 0 aliphatic heterocycles. The number of allylic oxidation sites excluding steroid dienone is 4. The summed E-state index contributed by atoms with van der Waals surface area (Å²) in [5.74, 6) is 2.72. The summed E-state index contributed by atoms with van der Waals surface area (Å²) in [6.07, 6.45) is 25.7. The Bertz CT molecular complexity index is 723. The van der Waals surface area contributed by atoms with E-state index in [1.165, 1.54) is 89.9 Å². The fourth-order valence-corrected chi connectivity index (χ4v) is 4.68. The Morgan fingerprint density at radius 2 is 1.39 bits per heavy atom. The summed E-state index contributed by atoms with van der Waals surface area (Å²) in [6.45, 7) is 5.93. The Kier molecular flexibility index (Phi) is 10.1. The first-order valence-electron chi connectivity index (χ1n) is 12.5. The molecule has 1 aromatic heterocycles. The molecule has 0 aromatic carbocycles. The summed E-state index contributed by atoms with van der Waals surface area (Å²) in [5.41, 5.74) is 0.893. The molecule has 1 heterocycles. The average Bonchev–Trinajstić information content (AvgIpc) is 2.72. The van der Waals surface area contributed by atoms with Crippen molar-refractivity contribution in [2.24, 2.45) is 0 Å². The standard InChI is InChI=1S/C26H41N5/c1-3-5-18-22(4-2)27-25-29-24(21-16-12-8-6-9-13-17-21)30-26(31-25)28-23-19-14-10-7-11-15-20-23/h3-5,18,21,23H,2,6-17,19-20H2,1H3,(H2,27,28,29,30,31)/b5-3-,22-18+. The number of nitrogens with zero attached hydrogens (tertiary/aromatic N) is 3. The molecule has 1 aromatic rings. The molecule has 2 saturated carbocycles. The fourth-order valence-electron chi connectivity index (χ4n) is 4.68. The average molecular weight is 424 g/mol. The topological polar surface area (TPSA) is 62.7 Å². The molecule has 2 aliphatic rings. The minimum absolute atomic E-state index is 0.424. The van der Waals surface area contributed by atoms with Crippen LogP contribution in [0.15, 0.2) is 36.6 Å². The van der Waals surface area contributed by atoms with Crippen LogP contribution in [0.2, 0.25) is 0 Å². The highest BCUT2D eigenvalue weighted by Crippen LogP contribution is 2.30. The quantitative estimate of drug-likeness (QED) is 0.451. The van der Waals surface area contributed by atoms with Gasteiger partial charge in [-0.25, -0.2) is 0 Å². The molecule has 2 N–H and O–H groups in total. The lowest BCUT2D eigenvalue weighted by molar-refractivity contribution is 0.441. The van der Waals surface area contributed by atoms with Crippen LogP contribution in [0.1, 0.15) is 109 Å². The van der Waals surface area contributed by atoms with Crippen molar-refractivity contribution < 1.29 is 0 Å². The molecular formula is C26H41N5. The minimum atomic E-state index is 0.424. The molecule has 0 amide bonds. The zero-order valence-corrected chi connectivity index (χ0v) is 19.4. The number of anilines is 2. The second-order valence-electron chi connectivity index (χ2n) is 9.05. The van der Waals surface area contributed by atoms with Crippen molar-refractivity contribution in [1.82, 2.24) is 15.0 Å². The van der Waals surface area contributed by atoms with Gasteiger partial charge in [-0.15, -0.1) is 0 Å². The molecular weight excluding hydrogens is 382 g/mol. The van der Waals surface area contributed by atoms with Gasteiger partial charge in [0, 0.05) is 17.7 Å². The first-order valence-corrected chi connectivity index (χ1v) is 12.5. The van der Waals surface area contributed by atoms with Crippen molar-refractivity contribution in [3.8, 4) is 0 Å². The van der Waals surface area contributed by atoms with Gasteiger partial charge >= 0.3 is 0 Å². The molecule has 0 atom stereocenters. The molecule has 0 saturated heterocycles. The Morgan fingerprint density at radius 1 is 0.806 bits per heavy atom. The van der Waals surface area contributed by atoms with E-state index in [0.717, 1.165) is 17.5 Å². The van der Waals surface area contributed by atoms with Crippen molar-refractivity contribution in [3.05, 3.63) is 42.4 Å². The van der Waals surface area contributed by atoms with E-state index in [2.05, 4.69) is 17.2 Å². The SMILES string of the molecule is C=C/C(=C\C=C/C)Nc1nc(NC2CCCCCCC2)nc(C2CCCCCCC2)n1. The highest BCUT2D eigenvalue weighted by Gasteiger charge is 2.20. The molecule has 0 unspecified atom stereocenters. The Hall–Kier alpha value is -2.17. The minimum Gasteiger partial charge on any atom is -0.351 e. The number of aromatic nitrogens is 3. The molecule has 5 heteroatoms. The Balaban J connectivity index is 1.83. The van der Waals surface area contributed by atoms with Gasteiger partial charge in [-0.3, -0.25) is 0 Å². The van der Waals surface area contributed by atoms with Crippen molar-refractivity contribution in [3.63, 3.8) is 0 Å². The van der Waals surface area contributed by atoms with Crippen LogP contribution in [0.25, 0.3) is 0 Å². The van der Waals surface area contributed by atoms with E-state index < -0.39 is 0 Å². The van der Waals surface area contributed by atoms with Gasteiger partial charge in [-0.05, 0) is 44.8 Å². The van der Waals surface area contributed by atoms with Gasteiger partial charge in [-0.1, -0.05) is 82.9 Å². The first kappa shape index (κ1) is 23.5. The van der Waals surface area contributed by atoms with Crippen LogP contribution < -0.4 is 10.6 Å². The maximum Gasteiger partial charge on any atom is 0.232 e. The van der Waals surface area contributed by atoms with E-state index in [0.29, 0.717) is 17.9 Å². The second kappa shape index (κ2) is 13.3. The molecule has 2 aliphatic carbocycles. The maximum atomic E-state index is 4.94. The van der Waals surface area contributed by atoms with Crippen LogP contribution in [0.5, 0.6) is 0 Å². The predicted molar refractivity (Wildman–Crippen MR) is 131 cm³/mol. The van der Waals surface area contributed by atoms with Gasteiger partial charge in [0.05, 0.1) is 0 Å². The molecule has 2 fully saturated rings. The van der Waals surface area contributed by atoms with Crippen LogP contribution in [-0.2, 0) is 0 Å². The van der Waals surface area contributed by atoms with E-state index in [1.54, 1.807) is 6.08 Å². The number of hydrogen-bond donors (Lipinski definition) is 2. The summed E-state index contributed by atoms with van der Waals surface area (Å²) >= 11 is 0. The molecule has 170 valence electrons. The largest absolute Gasteiger partial charge is 0.351 e. The van der Waals surface area contributed by atoms with Crippen LogP contribution >= 0.6 is 0 Å². The van der Waals surface area contributed by atoms with Crippen LogP contribution in [0.4, 0.5) is 11.9 Å². The van der Waals surface area contributed by atoms with Crippen molar-refractivity contribution >= 4 is 11.9 Å². The third kappa shape index (κ3) is 8.12. The Morgan fingerprint density at radius 3 is 2.00 bits per heavy atom. The van der Waals surface area contributed by atoms with E-state index in [9.17, 15) is 0 Å². The van der Waals surface area contributed by atoms with E-state index >= 15 is 0 Å². The van der Waals surface area contributed by atoms with E-state index in [-0.39, 0.29) is 0 Å². The summed E-state index contributed by atoms with van der Waals surface area (Å²) in [5, 5.41) is 7.03. The van der Waals surface area contributed by atoms with Gasteiger partial charge in [0.2, 0.25) is 11.9 Å². The molecule has 5 nitrogen and oxygen atoms in total. The maximum absolute atomic E-state index is 4.94. The highest BCUT2D eigenvalue weighted by atomic mass is 15.2. The smallest absolute Gasteiger partial charge is 0.232 e. The molecule has 31 heavy (non-hydrogen) atoms. The molecule has 0 bridgehead atoms. The second-order valence-corrected chi connectivity index (χ2v) is 9.05. The lowest BCUT2D eigenvalue weighted by atomic mass is 9.90. The summed E-state index contributed by atoms with van der Waals surface area (Å²) in [4.78, 5) is 14.6. The summed E-state index contributed by atoms with van der Waals surface area (Å²) in [7, 11) is 0. The van der Waals surface area contributed by atoms with Gasteiger partial charge < -0.3 is 10.6 Å². The van der Waals surface area contributed by atoms with E-state index in [1.807, 2.05) is 25.2 Å². The number of nitrogens with one attached hydrogen (secondary N) is 2. The predicted octanol–water partition coefficient (Wildman–Crippen LogP) is 7.28. The number of hydrogen-bond acceptors (Lipinski definition) is 5. The van der Waals surface area contributed by atoms with Crippen molar-refractivity contribution in [2.75, 3.05) is 10.6 Å². The first-order chi connectivity index (χ1) is 15.3. The molecule has 3 rings (SSSR count). The van der Waals surface area contributed by atoms with Crippen LogP contribution in [-0.4, -0.2) is 21.0 Å². The third-order valence-electron chi connectivity index (χ3n) is 6.51. The van der Waals surface area contributed by atoms with Crippen molar-refractivity contribution in [1.29, 1.82) is 0 Å². The van der Waals surface area contributed by atoms with Crippen molar-refractivity contribution in [2.45, 2.75) is 109 Å². The zero-order valence-electron chi connectivity index (χ0n) is 19.4.